The zero-order valence-corrected chi connectivity index (χ0v) is 15.8. The predicted octanol–water partition coefficient (Wildman–Crippen LogP) is 4.07. The number of hydrogen-bond acceptors (Lipinski definition) is 5. The Labute approximate surface area is 155 Å². The van der Waals surface area contributed by atoms with Crippen LogP contribution in [0.1, 0.15) is 24.2 Å². The van der Waals surface area contributed by atoms with Crippen molar-refractivity contribution >= 4 is 21.9 Å². The van der Waals surface area contributed by atoms with Crippen LogP contribution in [0.2, 0.25) is 0 Å². The Bertz CT molecular complexity index is 789. The summed E-state index contributed by atoms with van der Waals surface area (Å²) in [4.78, 5) is 11.6. The van der Waals surface area contributed by atoms with Crippen LogP contribution in [0.3, 0.4) is 0 Å². The van der Waals surface area contributed by atoms with Crippen LogP contribution in [-0.4, -0.2) is 26.3 Å². The molecule has 0 spiro atoms. The zero-order chi connectivity index (χ0) is 18.0. The molecule has 1 heterocycles. The van der Waals surface area contributed by atoms with Gasteiger partial charge in [-0.05, 0) is 39.7 Å². The Morgan fingerprint density at radius 2 is 1.96 bits per heavy atom. The van der Waals surface area contributed by atoms with E-state index in [-0.39, 0.29) is 5.97 Å². The van der Waals surface area contributed by atoms with Gasteiger partial charge in [0.05, 0.1) is 18.7 Å². The monoisotopic (exact) mass is 406 g/mol. The van der Waals surface area contributed by atoms with Crippen molar-refractivity contribution in [1.29, 1.82) is 0 Å². The molecule has 0 bridgehead atoms. The average molecular weight is 407 g/mol. The van der Waals surface area contributed by atoms with Gasteiger partial charge in [-0.1, -0.05) is 18.2 Å². The summed E-state index contributed by atoms with van der Waals surface area (Å²) >= 11 is 3.50. The van der Waals surface area contributed by atoms with Gasteiger partial charge in [-0.15, -0.1) is 0 Å². The van der Waals surface area contributed by atoms with E-state index in [0.29, 0.717) is 17.9 Å². The minimum atomic E-state index is -0.435. The molecule has 0 radical (unpaired) electrons. The van der Waals surface area contributed by atoms with Gasteiger partial charge in [-0.3, -0.25) is 4.79 Å². The van der Waals surface area contributed by atoms with Gasteiger partial charge in [0.25, 0.3) is 0 Å². The van der Waals surface area contributed by atoms with Crippen LogP contribution in [-0.2, 0) is 16.0 Å². The number of carbonyl (C=O) groups excluding carboxylic acids is 1. The molecule has 0 fully saturated rings. The predicted molar refractivity (Wildman–Crippen MR) is 96.3 cm³/mol. The maximum absolute atomic E-state index is 11.6. The fourth-order valence-corrected chi connectivity index (χ4v) is 3.65. The highest BCUT2D eigenvalue weighted by Crippen LogP contribution is 2.42. The molecule has 0 unspecified atom stereocenters. The van der Waals surface area contributed by atoms with Gasteiger partial charge < -0.3 is 18.9 Å². The first-order valence-corrected chi connectivity index (χ1v) is 8.66. The molecule has 1 aliphatic heterocycles. The second kappa shape index (κ2) is 7.35. The molecule has 1 aliphatic rings. The molecule has 0 saturated carbocycles. The summed E-state index contributed by atoms with van der Waals surface area (Å²) in [7, 11) is 3.16. The maximum atomic E-state index is 11.6. The van der Waals surface area contributed by atoms with Gasteiger partial charge in [0, 0.05) is 18.9 Å². The molecule has 2 aromatic carbocycles. The van der Waals surface area contributed by atoms with E-state index in [0.717, 1.165) is 21.3 Å². The third-order valence-electron chi connectivity index (χ3n) is 4.09. The van der Waals surface area contributed by atoms with Crippen molar-refractivity contribution in [2.75, 3.05) is 14.2 Å². The van der Waals surface area contributed by atoms with Crippen LogP contribution >= 0.6 is 15.9 Å². The second-order valence-electron chi connectivity index (χ2n) is 5.74. The van der Waals surface area contributed by atoms with Gasteiger partial charge in [0.2, 0.25) is 0 Å². The molecular weight excluding hydrogens is 388 g/mol. The van der Waals surface area contributed by atoms with Crippen molar-refractivity contribution in [3.63, 3.8) is 0 Å². The van der Waals surface area contributed by atoms with Crippen LogP contribution in [0.5, 0.6) is 17.2 Å². The summed E-state index contributed by atoms with van der Waals surface area (Å²) in [6, 6.07) is 11.5. The summed E-state index contributed by atoms with van der Waals surface area (Å²) in [6.45, 7) is 1.40. The molecule has 2 aromatic rings. The van der Waals surface area contributed by atoms with E-state index in [1.165, 1.54) is 6.92 Å². The SMILES string of the molecule is COc1cc([C@@H]2Oc3ccccc3C[C@H]2OC(C)=O)cc(Br)c1OC. The van der Waals surface area contributed by atoms with E-state index in [9.17, 15) is 4.79 Å². The van der Waals surface area contributed by atoms with Crippen molar-refractivity contribution in [1.82, 2.24) is 0 Å². The highest BCUT2D eigenvalue weighted by Gasteiger charge is 2.34. The van der Waals surface area contributed by atoms with E-state index >= 15 is 0 Å². The lowest BCUT2D eigenvalue weighted by Gasteiger charge is -2.33. The van der Waals surface area contributed by atoms with Crippen molar-refractivity contribution in [2.45, 2.75) is 25.6 Å². The minimum absolute atomic E-state index is 0.336. The average Bonchev–Trinajstić information content (AvgIpc) is 2.59. The number of rotatable bonds is 4. The van der Waals surface area contributed by atoms with E-state index in [1.807, 2.05) is 36.4 Å². The first-order valence-electron chi connectivity index (χ1n) is 7.86. The largest absolute Gasteiger partial charge is 0.493 e. The standard InChI is InChI=1S/C19H19BrO5/c1-11(21)24-17-9-12-6-4-5-7-15(12)25-18(17)13-8-14(20)19(23-3)16(10-13)22-2/h4-8,10,17-18H,9H2,1-3H3/t17-,18+/m1/s1. The minimum Gasteiger partial charge on any atom is -0.493 e. The molecule has 2 atom stereocenters. The van der Waals surface area contributed by atoms with Crippen molar-refractivity contribution in [3.05, 3.63) is 52.0 Å². The Morgan fingerprint density at radius 3 is 2.64 bits per heavy atom. The lowest BCUT2D eigenvalue weighted by atomic mass is 9.94. The van der Waals surface area contributed by atoms with E-state index in [4.69, 9.17) is 18.9 Å². The van der Waals surface area contributed by atoms with Crippen LogP contribution in [0.15, 0.2) is 40.9 Å². The lowest BCUT2D eigenvalue weighted by Crippen LogP contribution is -2.34. The summed E-state index contributed by atoms with van der Waals surface area (Å²) in [5.74, 6) is 1.64. The fourth-order valence-electron chi connectivity index (χ4n) is 3.03. The van der Waals surface area contributed by atoms with E-state index < -0.39 is 12.2 Å². The third-order valence-corrected chi connectivity index (χ3v) is 4.68. The number of halogens is 1. The third kappa shape index (κ3) is 3.58. The Kier molecular flexibility index (Phi) is 5.18. The van der Waals surface area contributed by atoms with E-state index in [1.54, 1.807) is 14.2 Å². The molecular formula is C19H19BrO5. The van der Waals surface area contributed by atoms with Crippen LogP contribution < -0.4 is 14.2 Å². The molecule has 0 saturated heterocycles. The highest BCUT2D eigenvalue weighted by molar-refractivity contribution is 9.10. The number of ether oxygens (including phenoxy) is 4. The van der Waals surface area contributed by atoms with Crippen molar-refractivity contribution < 1.29 is 23.7 Å². The van der Waals surface area contributed by atoms with Gasteiger partial charge in [-0.2, -0.15) is 0 Å². The Hall–Kier alpha value is -2.21. The Morgan fingerprint density at radius 1 is 1.20 bits per heavy atom. The number of methoxy groups -OCH3 is 2. The number of benzene rings is 2. The number of hydrogen-bond donors (Lipinski definition) is 0. The molecule has 0 N–H and O–H groups in total. The Balaban J connectivity index is 2.03. The van der Waals surface area contributed by atoms with Crippen molar-refractivity contribution in [3.8, 4) is 17.2 Å². The number of esters is 1. The quantitative estimate of drug-likeness (QED) is 0.716. The van der Waals surface area contributed by atoms with Gasteiger partial charge in [0.15, 0.2) is 17.6 Å². The first kappa shape index (κ1) is 17.6. The number of carbonyl (C=O) groups is 1. The maximum Gasteiger partial charge on any atom is 0.303 e. The van der Waals surface area contributed by atoms with Crippen LogP contribution in [0.4, 0.5) is 0 Å². The molecule has 3 rings (SSSR count). The molecule has 132 valence electrons. The number of fused-ring (bicyclic) bond motifs is 1. The van der Waals surface area contributed by atoms with Gasteiger partial charge >= 0.3 is 5.97 Å². The van der Waals surface area contributed by atoms with Crippen molar-refractivity contribution in [2.24, 2.45) is 0 Å². The second-order valence-corrected chi connectivity index (χ2v) is 6.59. The molecule has 25 heavy (non-hydrogen) atoms. The topological polar surface area (TPSA) is 54.0 Å². The molecule has 0 aliphatic carbocycles. The first-order chi connectivity index (χ1) is 12.0. The molecule has 5 nitrogen and oxygen atoms in total. The highest BCUT2D eigenvalue weighted by atomic mass is 79.9. The van der Waals surface area contributed by atoms with Crippen LogP contribution in [0.25, 0.3) is 0 Å². The van der Waals surface area contributed by atoms with Gasteiger partial charge in [-0.25, -0.2) is 0 Å². The molecule has 0 amide bonds. The number of para-hydroxylation sites is 1. The van der Waals surface area contributed by atoms with E-state index in [2.05, 4.69) is 15.9 Å². The lowest BCUT2D eigenvalue weighted by molar-refractivity contribution is -0.152. The summed E-state index contributed by atoms with van der Waals surface area (Å²) in [5, 5.41) is 0. The summed E-state index contributed by atoms with van der Waals surface area (Å²) in [5.41, 5.74) is 1.86. The normalized spacial score (nSPS) is 18.7. The fraction of sp³-hybridized carbons (Fsp3) is 0.316. The van der Waals surface area contributed by atoms with Crippen LogP contribution in [0, 0.1) is 0 Å². The molecule has 0 aromatic heterocycles. The zero-order valence-electron chi connectivity index (χ0n) is 14.2. The van der Waals surface area contributed by atoms with Gasteiger partial charge in [0.1, 0.15) is 11.9 Å². The smallest absolute Gasteiger partial charge is 0.303 e. The summed E-state index contributed by atoms with van der Waals surface area (Å²) < 4.78 is 23.2. The molecule has 6 heteroatoms. The summed E-state index contributed by atoms with van der Waals surface area (Å²) in [6.07, 6.45) is -0.265.